The Morgan fingerprint density at radius 3 is 2.30 bits per heavy atom. The summed E-state index contributed by atoms with van der Waals surface area (Å²) in [5, 5.41) is 5.29. The Labute approximate surface area is 139 Å². The van der Waals surface area contributed by atoms with Crippen LogP contribution >= 0.6 is 0 Å². The fourth-order valence-electron chi connectivity index (χ4n) is 2.64. The fourth-order valence-corrected chi connectivity index (χ4v) is 3.41. The summed E-state index contributed by atoms with van der Waals surface area (Å²) >= 11 is 0. The second-order valence-electron chi connectivity index (χ2n) is 5.99. The van der Waals surface area contributed by atoms with Crippen molar-refractivity contribution in [2.45, 2.75) is 30.7 Å². The Kier molecular flexibility index (Phi) is 5.93. The van der Waals surface area contributed by atoms with Crippen LogP contribution in [0.1, 0.15) is 30.4 Å². The zero-order valence-corrected chi connectivity index (χ0v) is 14.5. The van der Waals surface area contributed by atoms with Gasteiger partial charge in [-0.05, 0) is 43.1 Å². The molecule has 23 heavy (non-hydrogen) atoms. The van der Waals surface area contributed by atoms with Gasteiger partial charge >= 0.3 is 0 Å². The van der Waals surface area contributed by atoms with Gasteiger partial charge in [-0.25, -0.2) is 13.6 Å². The summed E-state index contributed by atoms with van der Waals surface area (Å²) < 4.78 is 23.3. The van der Waals surface area contributed by atoms with Crippen LogP contribution in [-0.4, -0.2) is 26.9 Å². The summed E-state index contributed by atoms with van der Waals surface area (Å²) in [6, 6.07) is 17.3. The molecule has 0 aromatic heterocycles. The van der Waals surface area contributed by atoms with Crippen LogP contribution in [0.5, 0.6) is 0 Å². The van der Waals surface area contributed by atoms with Crippen molar-refractivity contribution in [1.29, 1.82) is 0 Å². The molecule has 2 rings (SSSR count). The second-order valence-corrected chi connectivity index (χ2v) is 7.52. The van der Waals surface area contributed by atoms with Crippen molar-refractivity contribution in [2.24, 2.45) is 5.14 Å². The van der Waals surface area contributed by atoms with Crippen LogP contribution in [0.15, 0.2) is 59.5 Å². The van der Waals surface area contributed by atoms with Gasteiger partial charge in [0.2, 0.25) is 10.0 Å². The predicted molar refractivity (Wildman–Crippen MR) is 93.6 cm³/mol. The van der Waals surface area contributed by atoms with Crippen LogP contribution in [-0.2, 0) is 16.6 Å². The Bertz CT molecular complexity index is 730. The molecule has 0 spiro atoms. The van der Waals surface area contributed by atoms with Crippen LogP contribution < -0.4 is 5.14 Å². The van der Waals surface area contributed by atoms with Crippen LogP contribution in [0.3, 0.4) is 0 Å². The van der Waals surface area contributed by atoms with Gasteiger partial charge in [-0.1, -0.05) is 55.5 Å². The molecule has 0 fully saturated rings. The Morgan fingerprint density at radius 2 is 1.65 bits per heavy atom. The molecule has 2 aromatic carbocycles. The van der Waals surface area contributed by atoms with E-state index in [0.717, 1.165) is 18.5 Å². The number of rotatable bonds is 7. The fraction of sp³-hybridized carbons (Fsp3) is 0.333. The van der Waals surface area contributed by atoms with Crippen molar-refractivity contribution < 1.29 is 8.42 Å². The van der Waals surface area contributed by atoms with Crippen LogP contribution in [0.2, 0.25) is 0 Å². The molecule has 1 atom stereocenters. The van der Waals surface area contributed by atoms with Gasteiger partial charge in [0.1, 0.15) is 0 Å². The van der Waals surface area contributed by atoms with Gasteiger partial charge < -0.3 is 4.90 Å². The summed E-state index contributed by atoms with van der Waals surface area (Å²) in [5.41, 5.74) is 2.07. The number of sulfonamides is 1. The monoisotopic (exact) mass is 332 g/mol. The molecule has 0 bridgehead atoms. The topological polar surface area (TPSA) is 63.4 Å². The average molecular weight is 332 g/mol. The normalized spacial score (nSPS) is 13.2. The maximum absolute atomic E-state index is 11.6. The van der Waals surface area contributed by atoms with E-state index in [1.54, 1.807) is 12.1 Å². The number of benzene rings is 2. The number of nitrogens with two attached hydrogens (primary N) is 1. The van der Waals surface area contributed by atoms with Gasteiger partial charge in [0.25, 0.3) is 0 Å². The van der Waals surface area contributed by atoms with Crippen LogP contribution in [0.25, 0.3) is 0 Å². The zero-order chi connectivity index (χ0) is 16.9. The molecule has 2 N–H and O–H groups in total. The summed E-state index contributed by atoms with van der Waals surface area (Å²) in [6.45, 7) is 3.66. The first-order valence-corrected chi connectivity index (χ1v) is 9.27. The summed E-state index contributed by atoms with van der Waals surface area (Å²) in [6.07, 6.45) is 1.01. The lowest BCUT2D eigenvalue weighted by molar-refractivity contribution is 0.311. The van der Waals surface area contributed by atoms with Crippen molar-refractivity contribution in [3.8, 4) is 0 Å². The SMILES string of the molecule is CC(CCN(C)Cc1ccccc1S(N)(=O)=O)c1ccccc1. The van der Waals surface area contributed by atoms with Crippen molar-refractivity contribution in [1.82, 2.24) is 4.90 Å². The molecule has 2 aromatic rings. The molecular formula is C18H24N2O2S. The number of hydrogen-bond donors (Lipinski definition) is 1. The third kappa shape index (κ3) is 5.16. The van der Waals surface area contributed by atoms with E-state index >= 15 is 0 Å². The highest BCUT2D eigenvalue weighted by Gasteiger charge is 2.14. The molecule has 4 nitrogen and oxygen atoms in total. The molecule has 5 heteroatoms. The van der Waals surface area contributed by atoms with E-state index in [1.165, 1.54) is 5.56 Å². The molecule has 124 valence electrons. The first kappa shape index (κ1) is 17.7. The molecule has 0 aliphatic carbocycles. The minimum absolute atomic E-state index is 0.211. The van der Waals surface area contributed by atoms with E-state index in [9.17, 15) is 8.42 Å². The summed E-state index contributed by atoms with van der Waals surface area (Å²) in [7, 11) is -1.68. The highest BCUT2D eigenvalue weighted by atomic mass is 32.2. The molecule has 0 heterocycles. The second kappa shape index (κ2) is 7.73. The van der Waals surface area contributed by atoms with Gasteiger partial charge in [-0.2, -0.15) is 0 Å². The minimum Gasteiger partial charge on any atom is -0.302 e. The molecule has 0 aliphatic heterocycles. The third-order valence-corrected chi connectivity index (χ3v) is 5.04. The molecule has 0 amide bonds. The predicted octanol–water partition coefficient (Wildman–Crippen LogP) is 2.96. The average Bonchev–Trinajstić information content (AvgIpc) is 2.53. The van der Waals surface area contributed by atoms with Gasteiger partial charge in [0, 0.05) is 6.54 Å². The van der Waals surface area contributed by atoms with E-state index in [0.29, 0.717) is 12.5 Å². The van der Waals surface area contributed by atoms with E-state index < -0.39 is 10.0 Å². The summed E-state index contributed by atoms with van der Waals surface area (Å²) in [5.74, 6) is 0.465. The molecule has 0 saturated carbocycles. The standard InChI is InChI=1S/C18H24N2O2S/c1-15(16-8-4-3-5-9-16)12-13-20(2)14-17-10-6-7-11-18(17)23(19,21)22/h3-11,15H,12-14H2,1-2H3,(H2,19,21,22). The van der Waals surface area contributed by atoms with E-state index in [2.05, 4.69) is 36.1 Å². The van der Waals surface area contributed by atoms with Crippen molar-refractivity contribution >= 4 is 10.0 Å². The Balaban J connectivity index is 1.97. The van der Waals surface area contributed by atoms with Crippen molar-refractivity contribution in [3.05, 3.63) is 65.7 Å². The van der Waals surface area contributed by atoms with Crippen molar-refractivity contribution in [3.63, 3.8) is 0 Å². The Morgan fingerprint density at radius 1 is 1.04 bits per heavy atom. The molecule has 1 unspecified atom stereocenters. The van der Waals surface area contributed by atoms with Gasteiger partial charge in [0.15, 0.2) is 0 Å². The third-order valence-electron chi connectivity index (χ3n) is 4.03. The molecular weight excluding hydrogens is 308 g/mol. The lowest BCUT2D eigenvalue weighted by atomic mass is 9.98. The largest absolute Gasteiger partial charge is 0.302 e. The van der Waals surface area contributed by atoms with E-state index in [-0.39, 0.29) is 4.90 Å². The van der Waals surface area contributed by atoms with E-state index in [4.69, 9.17) is 5.14 Å². The van der Waals surface area contributed by atoms with Crippen LogP contribution in [0.4, 0.5) is 0 Å². The van der Waals surface area contributed by atoms with Gasteiger partial charge in [0.05, 0.1) is 4.90 Å². The Hall–Kier alpha value is -1.69. The highest BCUT2D eigenvalue weighted by molar-refractivity contribution is 7.89. The first-order valence-electron chi connectivity index (χ1n) is 7.72. The van der Waals surface area contributed by atoms with E-state index in [1.807, 2.05) is 25.2 Å². The first-order chi connectivity index (χ1) is 10.9. The van der Waals surface area contributed by atoms with Crippen molar-refractivity contribution in [2.75, 3.05) is 13.6 Å². The van der Waals surface area contributed by atoms with Crippen LogP contribution in [0, 0.1) is 0 Å². The molecule has 0 aliphatic rings. The molecule has 0 radical (unpaired) electrons. The number of primary sulfonamides is 1. The van der Waals surface area contributed by atoms with Gasteiger partial charge in [-0.3, -0.25) is 0 Å². The maximum Gasteiger partial charge on any atom is 0.238 e. The quantitative estimate of drug-likeness (QED) is 0.848. The lowest BCUT2D eigenvalue weighted by Crippen LogP contribution is -2.23. The maximum atomic E-state index is 11.6. The number of nitrogens with zero attached hydrogens (tertiary/aromatic N) is 1. The number of hydrogen-bond acceptors (Lipinski definition) is 3. The van der Waals surface area contributed by atoms with Gasteiger partial charge in [-0.15, -0.1) is 0 Å². The zero-order valence-electron chi connectivity index (χ0n) is 13.6. The summed E-state index contributed by atoms with van der Waals surface area (Å²) in [4.78, 5) is 2.34. The molecule has 0 saturated heterocycles. The highest BCUT2D eigenvalue weighted by Crippen LogP contribution is 2.20. The smallest absolute Gasteiger partial charge is 0.238 e. The minimum atomic E-state index is -3.68. The lowest BCUT2D eigenvalue weighted by Gasteiger charge is -2.20.